The minimum atomic E-state index is -0.887. The number of anilines is 2. The highest BCUT2D eigenvalue weighted by Gasteiger charge is 2.18. The second-order valence-corrected chi connectivity index (χ2v) is 3.17. The van der Waals surface area contributed by atoms with Crippen LogP contribution in [-0.4, -0.2) is 13.1 Å². The first-order chi connectivity index (χ1) is 6.18. The fourth-order valence-corrected chi connectivity index (χ4v) is 1.38. The first-order valence-electron chi connectivity index (χ1n) is 4.18. The van der Waals surface area contributed by atoms with E-state index < -0.39 is 11.6 Å². The molecule has 1 aromatic rings. The van der Waals surface area contributed by atoms with Crippen LogP contribution in [-0.2, 0) is 0 Å². The van der Waals surface area contributed by atoms with Gasteiger partial charge >= 0.3 is 0 Å². The Kier molecular flexibility index (Phi) is 1.83. The molecule has 1 aliphatic heterocycles. The number of benzene rings is 1. The molecule has 0 spiro atoms. The van der Waals surface area contributed by atoms with Crippen LogP contribution in [0.25, 0.3) is 0 Å². The van der Waals surface area contributed by atoms with Crippen molar-refractivity contribution < 1.29 is 8.78 Å². The monoisotopic (exact) mass is 184 g/mol. The molecule has 0 unspecified atom stereocenters. The van der Waals surface area contributed by atoms with E-state index in [1.165, 1.54) is 0 Å². The standard InChI is InChI=1S/C9H10F2N2/c10-6-4-8(12)9(5-7(6)11)13-2-1-3-13/h4-5H,1-3,12H2. The Labute approximate surface area is 75.0 Å². The van der Waals surface area contributed by atoms with Crippen LogP contribution in [0.2, 0.25) is 0 Å². The van der Waals surface area contributed by atoms with Gasteiger partial charge in [-0.25, -0.2) is 8.78 Å². The third kappa shape index (κ3) is 1.32. The number of nitrogens with zero attached hydrogens (tertiary/aromatic N) is 1. The third-order valence-corrected chi connectivity index (χ3v) is 2.27. The molecule has 0 radical (unpaired) electrons. The number of hydrogen-bond acceptors (Lipinski definition) is 2. The lowest BCUT2D eigenvalue weighted by Crippen LogP contribution is -2.37. The van der Waals surface area contributed by atoms with Crippen molar-refractivity contribution in [1.82, 2.24) is 0 Å². The van der Waals surface area contributed by atoms with Crippen molar-refractivity contribution in [3.8, 4) is 0 Å². The van der Waals surface area contributed by atoms with Gasteiger partial charge in [0.15, 0.2) is 11.6 Å². The summed E-state index contributed by atoms with van der Waals surface area (Å²) in [6.07, 6.45) is 1.08. The highest BCUT2D eigenvalue weighted by Crippen LogP contribution is 2.29. The summed E-state index contributed by atoms with van der Waals surface area (Å²) in [5, 5.41) is 0. The van der Waals surface area contributed by atoms with Gasteiger partial charge < -0.3 is 10.6 Å². The van der Waals surface area contributed by atoms with Crippen molar-refractivity contribution in [2.75, 3.05) is 23.7 Å². The fraction of sp³-hybridized carbons (Fsp3) is 0.333. The van der Waals surface area contributed by atoms with Gasteiger partial charge in [0.25, 0.3) is 0 Å². The molecule has 2 N–H and O–H groups in total. The van der Waals surface area contributed by atoms with E-state index in [9.17, 15) is 8.78 Å². The molecule has 2 rings (SSSR count). The summed E-state index contributed by atoms with van der Waals surface area (Å²) in [5.74, 6) is -1.72. The molecule has 0 aliphatic carbocycles. The second kappa shape index (κ2) is 2.87. The summed E-state index contributed by atoms with van der Waals surface area (Å²) in [7, 11) is 0. The summed E-state index contributed by atoms with van der Waals surface area (Å²) in [6.45, 7) is 1.74. The number of nitrogen functional groups attached to an aromatic ring is 1. The van der Waals surface area contributed by atoms with Crippen LogP contribution in [0, 0.1) is 11.6 Å². The number of rotatable bonds is 1. The highest BCUT2D eigenvalue weighted by atomic mass is 19.2. The summed E-state index contributed by atoms with van der Waals surface area (Å²) < 4.78 is 25.5. The molecular formula is C9H10F2N2. The topological polar surface area (TPSA) is 29.3 Å². The summed E-state index contributed by atoms with van der Waals surface area (Å²) >= 11 is 0. The lowest BCUT2D eigenvalue weighted by molar-refractivity contribution is 0.507. The molecule has 0 bridgehead atoms. The van der Waals surface area contributed by atoms with E-state index >= 15 is 0 Å². The molecule has 1 heterocycles. The van der Waals surface area contributed by atoms with E-state index in [4.69, 9.17) is 5.73 Å². The van der Waals surface area contributed by atoms with Crippen molar-refractivity contribution in [1.29, 1.82) is 0 Å². The van der Waals surface area contributed by atoms with Gasteiger partial charge in [-0.2, -0.15) is 0 Å². The van der Waals surface area contributed by atoms with Gasteiger partial charge in [-0.1, -0.05) is 0 Å². The maximum atomic E-state index is 12.8. The van der Waals surface area contributed by atoms with Gasteiger partial charge in [0.1, 0.15) is 0 Å². The molecular weight excluding hydrogens is 174 g/mol. The largest absolute Gasteiger partial charge is 0.397 e. The van der Waals surface area contributed by atoms with Gasteiger partial charge in [0.05, 0.1) is 11.4 Å². The third-order valence-electron chi connectivity index (χ3n) is 2.27. The molecule has 0 amide bonds. The summed E-state index contributed by atoms with van der Waals surface area (Å²) in [5.41, 5.74) is 6.46. The smallest absolute Gasteiger partial charge is 0.161 e. The Morgan fingerprint density at radius 2 is 1.77 bits per heavy atom. The van der Waals surface area contributed by atoms with Crippen molar-refractivity contribution in [2.24, 2.45) is 0 Å². The molecule has 1 aliphatic rings. The molecule has 13 heavy (non-hydrogen) atoms. The van der Waals surface area contributed by atoms with Gasteiger partial charge in [-0.15, -0.1) is 0 Å². The Bertz CT molecular complexity index is 335. The number of halogens is 2. The zero-order valence-electron chi connectivity index (χ0n) is 7.06. The van der Waals surface area contributed by atoms with Gasteiger partial charge in [0, 0.05) is 25.2 Å². The van der Waals surface area contributed by atoms with Crippen LogP contribution in [0.3, 0.4) is 0 Å². The normalized spacial score (nSPS) is 15.7. The van der Waals surface area contributed by atoms with Crippen LogP contribution in [0.5, 0.6) is 0 Å². The molecule has 0 saturated carbocycles. The summed E-state index contributed by atoms with van der Waals surface area (Å²) in [6, 6.07) is 2.19. The van der Waals surface area contributed by atoms with E-state index in [0.717, 1.165) is 31.6 Å². The van der Waals surface area contributed by atoms with E-state index in [0.29, 0.717) is 11.4 Å². The Hall–Kier alpha value is -1.32. The molecule has 1 aromatic carbocycles. The first-order valence-corrected chi connectivity index (χ1v) is 4.18. The Morgan fingerprint density at radius 3 is 2.31 bits per heavy atom. The molecule has 0 atom stereocenters. The maximum absolute atomic E-state index is 12.8. The predicted molar refractivity (Wildman–Crippen MR) is 47.6 cm³/mol. The molecule has 4 heteroatoms. The van der Waals surface area contributed by atoms with Gasteiger partial charge in [-0.05, 0) is 6.42 Å². The second-order valence-electron chi connectivity index (χ2n) is 3.17. The fourth-order valence-electron chi connectivity index (χ4n) is 1.38. The number of nitrogens with two attached hydrogens (primary N) is 1. The first kappa shape index (κ1) is 8.29. The zero-order chi connectivity index (χ0) is 9.42. The van der Waals surface area contributed by atoms with Crippen molar-refractivity contribution in [2.45, 2.75) is 6.42 Å². The molecule has 70 valence electrons. The van der Waals surface area contributed by atoms with Crippen molar-refractivity contribution in [3.63, 3.8) is 0 Å². The quantitative estimate of drug-likeness (QED) is 0.674. The molecule has 0 aromatic heterocycles. The van der Waals surface area contributed by atoms with E-state index in [1.54, 1.807) is 0 Å². The average Bonchev–Trinajstić information content (AvgIpc) is 1.96. The lowest BCUT2D eigenvalue weighted by Gasteiger charge is -2.34. The predicted octanol–water partition coefficient (Wildman–Crippen LogP) is 1.76. The van der Waals surface area contributed by atoms with E-state index in [-0.39, 0.29) is 0 Å². The molecule has 1 fully saturated rings. The minimum Gasteiger partial charge on any atom is -0.397 e. The van der Waals surface area contributed by atoms with Crippen LogP contribution in [0.1, 0.15) is 6.42 Å². The summed E-state index contributed by atoms with van der Waals surface area (Å²) in [4.78, 5) is 1.93. The van der Waals surface area contributed by atoms with Crippen molar-refractivity contribution in [3.05, 3.63) is 23.8 Å². The van der Waals surface area contributed by atoms with Crippen molar-refractivity contribution >= 4 is 11.4 Å². The van der Waals surface area contributed by atoms with Gasteiger partial charge in [0.2, 0.25) is 0 Å². The van der Waals surface area contributed by atoms with Crippen LogP contribution < -0.4 is 10.6 Å². The average molecular weight is 184 g/mol. The van der Waals surface area contributed by atoms with E-state index in [1.807, 2.05) is 4.90 Å². The Morgan fingerprint density at radius 1 is 1.15 bits per heavy atom. The SMILES string of the molecule is Nc1cc(F)c(F)cc1N1CCC1. The van der Waals surface area contributed by atoms with Crippen LogP contribution in [0.15, 0.2) is 12.1 Å². The lowest BCUT2D eigenvalue weighted by atomic mass is 10.1. The minimum absolute atomic E-state index is 0.304. The van der Waals surface area contributed by atoms with Crippen LogP contribution >= 0.6 is 0 Å². The maximum Gasteiger partial charge on any atom is 0.161 e. The van der Waals surface area contributed by atoms with Crippen LogP contribution in [0.4, 0.5) is 20.2 Å². The number of hydrogen-bond donors (Lipinski definition) is 1. The highest BCUT2D eigenvalue weighted by molar-refractivity contribution is 5.68. The zero-order valence-corrected chi connectivity index (χ0v) is 7.06. The Balaban J connectivity index is 2.39. The van der Waals surface area contributed by atoms with E-state index in [2.05, 4.69) is 0 Å². The molecule has 2 nitrogen and oxygen atoms in total. The van der Waals surface area contributed by atoms with Gasteiger partial charge in [-0.3, -0.25) is 0 Å². The molecule has 1 saturated heterocycles.